The van der Waals surface area contributed by atoms with Crippen molar-refractivity contribution in [1.82, 2.24) is 15.0 Å². The van der Waals surface area contributed by atoms with Crippen LogP contribution in [0.5, 0.6) is 6.01 Å². The fraction of sp³-hybridized carbons (Fsp3) is 0.571. The molecule has 1 rings (SSSR count). The molecule has 1 aromatic rings. The number of rotatable bonds is 4. The van der Waals surface area contributed by atoms with Crippen molar-refractivity contribution in [3.05, 3.63) is 0 Å². The quantitative estimate of drug-likeness (QED) is 0.697. The molecule has 6 heteroatoms. The van der Waals surface area contributed by atoms with Crippen LogP contribution in [0.15, 0.2) is 0 Å². The van der Waals surface area contributed by atoms with E-state index in [1.54, 1.807) is 0 Å². The van der Waals surface area contributed by atoms with Crippen molar-refractivity contribution < 1.29 is 4.74 Å². The van der Waals surface area contributed by atoms with E-state index in [0.29, 0.717) is 12.6 Å². The van der Waals surface area contributed by atoms with Crippen LogP contribution in [0.1, 0.15) is 13.8 Å². The van der Waals surface area contributed by atoms with Crippen LogP contribution in [0.25, 0.3) is 0 Å². The maximum absolute atomic E-state index is 5.44. The van der Waals surface area contributed by atoms with Crippen LogP contribution < -0.4 is 15.8 Å². The number of nitrogens with one attached hydrogen (secondary N) is 1. The second-order valence-corrected chi connectivity index (χ2v) is 2.26. The molecule has 0 fully saturated rings. The highest BCUT2D eigenvalue weighted by Crippen LogP contribution is 2.07. The molecule has 0 aromatic carbocycles. The normalized spacial score (nSPS) is 9.69. The third kappa shape index (κ3) is 2.73. The SMILES string of the molecule is CCNc1nc(N)nc(OCC)n1. The van der Waals surface area contributed by atoms with E-state index in [2.05, 4.69) is 20.3 Å². The number of hydrogen-bond donors (Lipinski definition) is 2. The highest BCUT2D eigenvalue weighted by molar-refractivity contribution is 5.32. The summed E-state index contributed by atoms with van der Waals surface area (Å²) in [6, 6.07) is 0.256. The van der Waals surface area contributed by atoms with Crippen LogP contribution in [0, 0.1) is 0 Å². The van der Waals surface area contributed by atoms with Gasteiger partial charge in [-0.05, 0) is 13.8 Å². The van der Waals surface area contributed by atoms with E-state index in [4.69, 9.17) is 10.5 Å². The molecular weight excluding hydrogens is 170 g/mol. The van der Waals surface area contributed by atoms with Gasteiger partial charge in [0.05, 0.1) is 6.61 Å². The second kappa shape index (κ2) is 4.44. The first-order chi connectivity index (χ1) is 6.26. The lowest BCUT2D eigenvalue weighted by molar-refractivity contribution is 0.312. The van der Waals surface area contributed by atoms with Crippen molar-refractivity contribution in [1.29, 1.82) is 0 Å². The highest BCUT2D eigenvalue weighted by atomic mass is 16.5. The molecule has 1 aromatic heterocycles. The van der Waals surface area contributed by atoms with Crippen molar-refractivity contribution in [3.63, 3.8) is 0 Å². The molecule has 72 valence electrons. The Morgan fingerprint density at radius 2 is 2.08 bits per heavy atom. The van der Waals surface area contributed by atoms with Gasteiger partial charge in [0.25, 0.3) is 0 Å². The summed E-state index contributed by atoms with van der Waals surface area (Å²) in [6.07, 6.45) is 0. The van der Waals surface area contributed by atoms with Gasteiger partial charge >= 0.3 is 6.01 Å². The zero-order valence-corrected chi connectivity index (χ0v) is 7.74. The van der Waals surface area contributed by atoms with Gasteiger partial charge in [0.2, 0.25) is 11.9 Å². The predicted octanol–water partition coefficient (Wildman–Crippen LogP) is 0.284. The summed E-state index contributed by atoms with van der Waals surface area (Å²) in [5.41, 5.74) is 5.44. The van der Waals surface area contributed by atoms with Gasteiger partial charge in [-0.2, -0.15) is 15.0 Å². The molecule has 0 unspecified atom stereocenters. The minimum absolute atomic E-state index is 0.161. The zero-order chi connectivity index (χ0) is 9.68. The molecule has 0 amide bonds. The first-order valence-corrected chi connectivity index (χ1v) is 4.14. The minimum atomic E-state index is 0.161. The van der Waals surface area contributed by atoms with Gasteiger partial charge in [0.1, 0.15) is 0 Å². The Labute approximate surface area is 76.6 Å². The van der Waals surface area contributed by atoms with E-state index in [1.165, 1.54) is 0 Å². The van der Waals surface area contributed by atoms with Crippen LogP contribution >= 0.6 is 0 Å². The lowest BCUT2D eigenvalue weighted by Crippen LogP contribution is -2.08. The fourth-order valence-electron chi connectivity index (χ4n) is 0.803. The van der Waals surface area contributed by atoms with Crippen LogP contribution in [0.4, 0.5) is 11.9 Å². The van der Waals surface area contributed by atoms with Crippen molar-refractivity contribution in [2.45, 2.75) is 13.8 Å². The van der Waals surface area contributed by atoms with Crippen LogP contribution in [-0.4, -0.2) is 28.1 Å². The molecule has 0 aliphatic carbocycles. The number of aromatic nitrogens is 3. The monoisotopic (exact) mass is 183 g/mol. The summed E-state index contributed by atoms with van der Waals surface area (Å²) in [5.74, 6) is 0.604. The Balaban J connectivity index is 2.83. The Bertz CT molecular complexity index is 253. The van der Waals surface area contributed by atoms with Gasteiger partial charge < -0.3 is 15.8 Å². The summed E-state index contributed by atoms with van der Waals surface area (Å²) < 4.78 is 5.09. The Kier molecular flexibility index (Phi) is 3.24. The molecular formula is C7H13N5O. The van der Waals surface area contributed by atoms with Crippen LogP contribution in [-0.2, 0) is 0 Å². The molecule has 0 spiro atoms. The number of ether oxygens (including phenoxy) is 1. The lowest BCUT2D eigenvalue weighted by atomic mass is 10.7. The maximum atomic E-state index is 5.44. The Morgan fingerprint density at radius 3 is 2.69 bits per heavy atom. The Hall–Kier alpha value is -1.59. The predicted molar refractivity (Wildman–Crippen MR) is 49.6 cm³/mol. The molecule has 0 radical (unpaired) electrons. The number of anilines is 2. The fourth-order valence-corrected chi connectivity index (χ4v) is 0.803. The first kappa shape index (κ1) is 9.50. The molecule has 3 N–H and O–H groups in total. The van der Waals surface area contributed by atoms with E-state index >= 15 is 0 Å². The number of nitrogens with zero attached hydrogens (tertiary/aromatic N) is 3. The standard InChI is InChI=1S/C7H13N5O/c1-3-9-6-10-5(8)11-7(12-6)13-4-2/h3-4H2,1-2H3,(H3,8,9,10,11,12). The number of nitrogen functional groups attached to an aromatic ring is 1. The summed E-state index contributed by atoms with van der Waals surface area (Å²) in [6.45, 7) is 5.04. The van der Waals surface area contributed by atoms with E-state index in [9.17, 15) is 0 Å². The van der Waals surface area contributed by atoms with Gasteiger partial charge in [-0.25, -0.2) is 0 Å². The number of hydrogen-bond acceptors (Lipinski definition) is 6. The molecule has 6 nitrogen and oxygen atoms in total. The van der Waals surface area contributed by atoms with E-state index < -0.39 is 0 Å². The first-order valence-electron chi connectivity index (χ1n) is 4.14. The van der Waals surface area contributed by atoms with Gasteiger partial charge in [-0.1, -0.05) is 0 Å². The summed E-state index contributed by atoms with van der Waals surface area (Å²) in [4.78, 5) is 11.6. The third-order valence-corrected chi connectivity index (χ3v) is 1.24. The lowest BCUT2D eigenvalue weighted by Gasteiger charge is -2.04. The highest BCUT2D eigenvalue weighted by Gasteiger charge is 2.02. The second-order valence-electron chi connectivity index (χ2n) is 2.26. The summed E-state index contributed by atoms with van der Waals surface area (Å²) in [5, 5.41) is 2.92. The number of nitrogens with two attached hydrogens (primary N) is 1. The largest absolute Gasteiger partial charge is 0.464 e. The molecule has 13 heavy (non-hydrogen) atoms. The molecule has 0 atom stereocenters. The van der Waals surface area contributed by atoms with Gasteiger partial charge in [-0.15, -0.1) is 0 Å². The molecule has 0 saturated carbocycles. The average Bonchev–Trinajstić information content (AvgIpc) is 2.04. The molecule has 0 aliphatic rings. The van der Waals surface area contributed by atoms with Gasteiger partial charge in [0, 0.05) is 6.54 Å². The average molecular weight is 183 g/mol. The molecule has 1 heterocycles. The minimum Gasteiger partial charge on any atom is -0.464 e. The third-order valence-electron chi connectivity index (χ3n) is 1.24. The molecule has 0 bridgehead atoms. The van der Waals surface area contributed by atoms with Crippen LogP contribution in [0.3, 0.4) is 0 Å². The van der Waals surface area contributed by atoms with Crippen molar-refractivity contribution in [3.8, 4) is 6.01 Å². The van der Waals surface area contributed by atoms with E-state index in [1.807, 2.05) is 13.8 Å². The molecule has 0 aliphatic heterocycles. The van der Waals surface area contributed by atoms with Crippen molar-refractivity contribution >= 4 is 11.9 Å². The van der Waals surface area contributed by atoms with Crippen molar-refractivity contribution in [2.24, 2.45) is 0 Å². The van der Waals surface area contributed by atoms with E-state index in [-0.39, 0.29) is 12.0 Å². The zero-order valence-electron chi connectivity index (χ0n) is 7.74. The van der Waals surface area contributed by atoms with Crippen molar-refractivity contribution in [2.75, 3.05) is 24.2 Å². The maximum Gasteiger partial charge on any atom is 0.323 e. The molecule has 0 saturated heterocycles. The van der Waals surface area contributed by atoms with Gasteiger partial charge in [-0.3, -0.25) is 0 Å². The van der Waals surface area contributed by atoms with Crippen LogP contribution in [0.2, 0.25) is 0 Å². The summed E-state index contributed by atoms with van der Waals surface area (Å²) >= 11 is 0. The topological polar surface area (TPSA) is 86.0 Å². The van der Waals surface area contributed by atoms with Gasteiger partial charge in [0.15, 0.2) is 0 Å². The summed E-state index contributed by atoms with van der Waals surface area (Å²) in [7, 11) is 0. The Morgan fingerprint density at radius 1 is 1.31 bits per heavy atom. The smallest absolute Gasteiger partial charge is 0.323 e. The van der Waals surface area contributed by atoms with E-state index in [0.717, 1.165) is 6.54 Å².